The summed E-state index contributed by atoms with van der Waals surface area (Å²) >= 11 is 1.66. The highest BCUT2D eigenvalue weighted by atomic mass is 32.2. The Morgan fingerprint density at radius 2 is 1.89 bits per heavy atom. The molecule has 0 fully saturated rings. The predicted octanol–water partition coefficient (Wildman–Crippen LogP) is 3.15. The number of benzene rings is 1. The molecule has 0 spiro atoms. The molecule has 0 atom stereocenters. The van der Waals surface area contributed by atoms with Crippen LogP contribution in [0.5, 0.6) is 0 Å². The van der Waals surface area contributed by atoms with Gasteiger partial charge in [0, 0.05) is 12.2 Å². The standard InChI is InChI=1S/C13H15NO2S2/c1-2-18(15,16)13-5-3-12(4-6-13)14-9-11-7-8-17-10-11/h3-8,10,14H,2,9H2,1H3. The lowest BCUT2D eigenvalue weighted by atomic mass is 10.3. The summed E-state index contributed by atoms with van der Waals surface area (Å²) < 4.78 is 23.3. The van der Waals surface area contributed by atoms with Gasteiger partial charge in [0.05, 0.1) is 10.6 Å². The van der Waals surface area contributed by atoms with Crippen LogP contribution in [0.25, 0.3) is 0 Å². The van der Waals surface area contributed by atoms with Crippen LogP contribution in [0.4, 0.5) is 5.69 Å². The fourth-order valence-electron chi connectivity index (χ4n) is 1.54. The summed E-state index contributed by atoms with van der Waals surface area (Å²) in [5.74, 6) is 0.134. The van der Waals surface area contributed by atoms with Crippen molar-refractivity contribution in [2.75, 3.05) is 11.1 Å². The van der Waals surface area contributed by atoms with Gasteiger partial charge in [-0.25, -0.2) is 8.42 Å². The van der Waals surface area contributed by atoms with E-state index in [0.29, 0.717) is 4.90 Å². The maximum absolute atomic E-state index is 11.6. The lowest BCUT2D eigenvalue weighted by Crippen LogP contribution is -2.04. The molecule has 1 N–H and O–H groups in total. The van der Waals surface area contributed by atoms with Crippen LogP contribution in [0, 0.1) is 0 Å². The van der Waals surface area contributed by atoms with Crippen LogP contribution in [0.3, 0.4) is 0 Å². The summed E-state index contributed by atoms with van der Waals surface area (Å²) in [7, 11) is -3.10. The number of sulfone groups is 1. The van der Waals surface area contributed by atoms with Gasteiger partial charge in [0.1, 0.15) is 0 Å². The Bertz CT molecular complexity index is 586. The molecule has 0 aliphatic rings. The van der Waals surface area contributed by atoms with Gasteiger partial charge in [-0.05, 0) is 46.7 Å². The molecule has 1 aromatic carbocycles. The quantitative estimate of drug-likeness (QED) is 0.915. The Balaban J connectivity index is 2.04. The molecule has 0 amide bonds. The Morgan fingerprint density at radius 3 is 2.44 bits per heavy atom. The van der Waals surface area contributed by atoms with Crippen molar-refractivity contribution in [1.29, 1.82) is 0 Å². The normalized spacial score (nSPS) is 11.4. The molecule has 0 saturated carbocycles. The largest absolute Gasteiger partial charge is 0.381 e. The smallest absolute Gasteiger partial charge is 0.178 e. The first-order valence-corrected chi connectivity index (χ1v) is 8.29. The van der Waals surface area contributed by atoms with Crippen molar-refractivity contribution in [2.24, 2.45) is 0 Å². The summed E-state index contributed by atoms with van der Waals surface area (Å²) in [6, 6.07) is 8.96. The van der Waals surface area contributed by atoms with Crippen molar-refractivity contribution in [1.82, 2.24) is 0 Å². The number of hydrogen-bond acceptors (Lipinski definition) is 4. The van der Waals surface area contributed by atoms with Crippen molar-refractivity contribution in [3.8, 4) is 0 Å². The monoisotopic (exact) mass is 281 g/mol. The topological polar surface area (TPSA) is 46.2 Å². The second kappa shape index (κ2) is 5.54. The first kappa shape index (κ1) is 13.1. The number of thiophene rings is 1. The minimum atomic E-state index is -3.10. The summed E-state index contributed by atoms with van der Waals surface area (Å²) in [5.41, 5.74) is 2.15. The summed E-state index contributed by atoms with van der Waals surface area (Å²) in [6.07, 6.45) is 0. The van der Waals surface area contributed by atoms with Crippen LogP contribution in [-0.2, 0) is 16.4 Å². The average Bonchev–Trinajstić information content (AvgIpc) is 2.90. The first-order valence-electron chi connectivity index (χ1n) is 5.69. The van der Waals surface area contributed by atoms with Crippen molar-refractivity contribution >= 4 is 26.9 Å². The van der Waals surface area contributed by atoms with Crippen LogP contribution in [0.1, 0.15) is 12.5 Å². The van der Waals surface area contributed by atoms with Crippen LogP contribution >= 0.6 is 11.3 Å². The van der Waals surface area contributed by atoms with Gasteiger partial charge in [-0.15, -0.1) is 0 Å². The highest BCUT2D eigenvalue weighted by molar-refractivity contribution is 7.91. The highest BCUT2D eigenvalue weighted by Gasteiger charge is 2.10. The zero-order valence-electron chi connectivity index (χ0n) is 10.1. The van der Waals surface area contributed by atoms with Crippen LogP contribution in [-0.4, -0.2) is 14.2 Å². The van der Waals surface area contributed by atoms with E-state index in [4.69, 9.17) is 0 Å². The minimum absolute atomic E-state index is 0.134. The number of anilines is 1. The van der Waals surface area contributed by atoms with E-state index in [2.05, 4.69) is 16.8 Å². The summed E-state index contributed by atoms with van der Waals surface area (Å²) in [6.45, 7) is 2.40. The van der Waals surface area contributed by atoms with Crippen molar-refractivity contribution in [3.63, 3.8) is 0 Å². The van der Waals surface area contributed by atoms with E-state index in [1.54, 1.807) is 42.5 Å². The molecule has 1 aromatic heterocycles. The second-order valence-electron chi connectivity index (χ2n) is 3.91. The molecule has 0 aliphatic carbocycles. The third kappa shape index (κ3) is 3.11. The maximum atomic E-state index is 11.6. The lowest BCUT2D eigenvalue weighted by molar-refractivity contribution is 0.597. The van der Waals surface area contributed by atoms with E-state index >= 15 is 0 Å². The van der Waals surface area contributed by atoms with E-state index in [9.17, 15) is 8.42 Å². The molecular weight excluding hydrogens is 266 g/mol. The van der Waals surface area contributed by atoms with Gasteiger partial charge in [-0.1, -0.05) is 6.92 Å². The zero-order chi connectivity index (χ0) is 13.0. The molecule has 0 saturated heterocycles. The Labute approximate surface area is 111 Å². The maximum Gasteiger partial charge on any atom is 0.178 e. The number of hydrogen-bond donors (Lipinski definition) is 1. The molecule has 1 heterocycles. The molecule has 96 valence electrons. The fraction of sp³-hybridized carbons (Fsp3) is 0.231. The van der Waals surface area contributed by atoms with Gasteiger partial charge in [0.2, 0.25) is 0 Å². The molecule has 0 unspecified atom stereocenters. The third-order valence-electron chi connectivity index (χ3n) is 2.67. The van der Waals surface area contributed by atoms with Crippen LogP contribution < -0.4 is 5.32 Å². The summed E-state index contributed by atoms with van der Waals surface area (Å²) in [5, 5.41) is 7.38. The van der Waals surface area contributed by atoms with Gasteiger partial charge >= 0.3 is 0 Å². The molecule has 2 rings (SSSR count). The van der Waals surface area contributed by atoms with Gasteiger partial charge < -0.3 is 5.32 Å². The van der Waals surface area contributed by atoms with E-state index in [0.717, 1.165) is 12.2 Å². The van der Waals surface area contributed by atoms with E-state index in [-0.39, 0.29) is 5.75 Å². The molecule has 3 nitrogen and oxygen atoms in total. The number of nitrogens with one attached hydrogen (secondary N) is 1. The second-order valence-corrected chi connectivity index (χ2v) is 6.97. The molecule has 0 radical (unpaired) electrons. The lowest BCUT2D eigenvalue weighted by Gasteiger charge is -2.06. The van der Waals surface area contributed by atoms with E-state index in [1.165, 1.54) is 5.56 Å². The minimum Gasteiger partial charge on any atom is -0.381 e. The Morgan fingerprint density at radius 1 is 1.17 bits per heavy atom. The van der Waals surface area contributed by atoms with Crippen molar-refractivity contribution in [3.05, 3.63) is 46.7 Å². The third-order valence-corrected chi connectivity index (χ3v) is 5.15. The van der Waals surface area contributed by atoms with Gasteiger partial charge in [0.15, 0.2) is 9.84 Å². The Kier molecular flexibility index (Phi) is 4.04. The predicted molar refractivity (Wildman–Crippen MR) is 75.8 cm³/mol. The fourth-order valence-corrected chi connectivity index (χ4v) is 3.10. The molecule has 0 bridgehead atoms. The number of rotatable bonds is 5. The SMILES string of the molecule is CCS(=O)(=O)c1ccc(NCc2ccsc2)cc1. The van der Waals surface area contributed by atoms with Gasteiger partial charge in [-0.3, -0.25) is 0 Å². The van der Waals surface area contributed by atoms with Gasteiger partial charge in [-0.2, -0.15) is 11.3 Å². The highest BCUT2D eigenvalue weighted by Crippen LogP contribution is 2.16. The summed E-state index contributed by atoms with van der Waals surface area (Å²) in [4.78, 5) is 0.381. The molecular formula is C13H15NO2S2. The molecule has 0 aliphatic heterocycles. The van der Waals surface area contributed by atoms with Crippen molar-refractivity contribution in [2.45, 2.75) is 18.4 Å². The molecule has 5 heteroatoms. The average molecular weight is 281 g/mol. The zero-order valence-corrected chi connectivity index (χ0v) is 11.7. The first-order chi connectivity index (χ1) is 8.62. The van der Waals surface area contributed by atoms with Crippen molar-refractivity contribution < 1.29 is 8.42 Å². The Hall–Kier alpha value is -1.33. The van der Waals surface area contributed by atoms with Gasteiger partial charge in [0.25, 0.3) is 0 Å². The molecule has 18 heavy (non-hydrogen) atoms. The van der Waals surface area contributed by atoms with Crippen LogP contribution in [0.2, 0.25) is 0 Å². The van der Waals surface area contributed by atoms with E-state index in [1.807, 2.05) is 5.38 Å². The molecule has 2 aromatic rings. The van der Waals surface area contributed by atoms with Crippen LogP contribution in [0.15, 0.2) is 46.0 Å². The van der Waals surface area contributed by atoms with E-state index < -0.39 is 9.84 Å².